The van der Waals surface area contributed by atoms with Crippen molar-refractivity contribution in [2.75, 3.05) is 5.32 Å². The fraction of sp³-hybridized carbons (Fsp3) is 0.105. The van der Waals surface area contributed by atoms with Crippen molar-refractivity contribution < 1.29 is 5.11 Å². The van der Waals surface area contributed by atoms with Gasteiger partial charge in [0.15, 0.2) is 10.9 Å². The summed E-state index contributed by atoms with van der Waals surface area (Å²) in [5, 5.41) is 14.2. The average Bonchev–Trinajstić information content (AvgIpc) is 3.20. The second-order valence-electron chi connectivity index (χ2n) is 5.72. The van der Waals surface area contributed by atoms with E-state index < -0.39 is 0 Å². The minimum atomic E-state index is 0.0194. The summed E-state index contributed by atoms with van der Waals surface area (Å²) in [5.74, 6) is 0.722. The molecule has 0 unspecified atom stereocenters. The molecule has 5 nitrogen and oxygen atoms in total. The monoisotopic (exact) mass is 348 g/mol. The molecule has 2 N–H and O–H groups in total. The van der Waals surface area contributed by atoms with Crippen LogP contribution in [0.5, 0.6) is 5.88 Å². The quantitative estimate of drug-likeness (QED) is 0.718. The van der Waals surface area contributed by atoms with Crippen molar-refractivity contribution in [3.05, 3.63) is 64.7 Å². The number of anilines is 1. The minimum absolute atomic E-state index is 0.0194. The van der Waals surface area contributed by atoms with Crippen LogP contribution in [0.2, 0.25) is 0 Å². The third kappa shape index (κ3) is 3.16. The second kappa shape index (κ2) is 6.49. The van der Waals surface area contributed by atoms with E-state index in [4.69, 9.17) is 0 Å². The van der Waals surface area contributed by atoms with Crippen molar-refractivity contribution in [2.45, 2.75) is 13.0 Å². The molecule has 0 bridgehead atoms. The third-order valence-corrected chi connectivity index (χ3v) is 4.91. The van der Waals surface area contributed by atoms with E-state index in [9.17, 15) is 5.11 Å². The zero-order valence-electron chi connectivity index (χ0n) is 13.5. The molecule has 0 radical (unpaired) electrons. The number of aromatic hydroxyl groups is 1. The Kier molecular flexibility index (Phi) is 4.03. The van der Waals surface area contributed by atoms with E-state index in [-0.39, 0.29) is 11.9 Å². The minimum Gasteiger partial charge on any atom is -0.492 e. The molecule has 0 saturated carbocycles. The van der Waals surface area contributed by atoms with Gasteiger partial charge in [-0.2, -0.15) is 4.98 Å². The first-order chi connectivity index (χ1) is 12.2. The molecule has 3 heterocycles. The topological polar surface area (TPSA) is 70.4 Å². The van der Waals surface area contributed by atoms with E-state index in [2.05, 4.69) is 39.3 Å². The molecular weight excluding hydrogens is 332 g/mol. The number of nitrogens with zero attached hydrogens (tertiary/aromatic N) is 3. The van der Waals surface area contributed by atoms with Gasteiger partial charge in [0.05, 0.1) is 10.9 Å². The number of thiazole rings is 1. The zero-order chi connectivity index (χ0) is 17.2. The normalized spacial score (nSPS) is 15.3. The highest BCUT2D eigenvalue weighted by molar-refractivity contribution is 7.16. The van der Waals surface area contributed by atoms with Crippen molar-refractivity contribution in [3.8, 4) is 5.88 Å². The highest BCUT2D eigenvalue weighted by atomic mass is 32.1. The molecule has 0 amide bonds. The van der Waals surface area contributed by atoms with Gasteiger partial charge in [0.25, 0.3) is 0 Å². The summed E-state index contributed by atoms with van der Waals surface area (Å²) in [5.41, 5.74) is 3.05. The second-order valence-corrected chi connectivity index (χ2v) is 6.75. The van der Waals surface area contributed by atoms with E-state index in [0.717, 1.165) is 11.1 Å². The van der Waals surface area contributed by atoms with Crippen LogP contribution in [0.25, 0.3) is 11.6 Å². The Morgan fingerprint density at radius 1 is 1.16 bits per heavy atom. The van der Waals surface area contributed by atoms with Crippen LogP contribution in [-0.4, -0.2) is 21.3 Å². The molecule has 4 rings (SSSR count). The molecule has 6 heteroatoms. The molecule has 2 aromatic heterocycles. The van der Waals surface area contributed by atoms with Gasteiger partial charge in [0, 0.05) is 23.5 Å². The Labute approximate surface area is 149 Å². The lowest BCUT2D eigenvalue weighted by molar-refractivity contribution is 0.456. The summed E-state index contributed by atoms with van der Waals surface area (Å²) >= 11 is 1.41. The van der Waals surface area contributed by atoms with Gasteiger partial charge >= 0.3 is 0 Å². The number of aliphatic imine (C=N–C) groups is 1. The standard InChI is InChI=1S/C19H16N4OS/c1-12(13-6-3-2-4-7-13)22-19-23-18(24)16(25-19)10-14-11-21-17-15(14)8-5-9-20-17/h2-12,24H,1H3,(H,22,23)/t12-/m0/s1. The Morgan fingerprint density at radius 2 is 2.00 bits per heavy atom. The smallest absolute Gasteiger partial charge is 0.231 e. The van der Waals surface area contributed by atoms with E-state index in [1.807, 2.05) is 36.4 Å². The van der Waals surface area contributed by atoms with Gasteiger partial charge in [-0.05, 0) is 30.7 Å². The van der Waals surface area contributed by atoms with Crippen molar-refractivity contribution >= 4 is 40.1 Å². The maximum Gasteiger partial charge on any atom is 0.231 e. The first-order valence-corrected chi connectivity index (χ1v) is 8.75. The van der Waals surface area contributed by atoms with E-state index in [0.29, 0.717) is 15.8 Å². The number of allylic oxidation sites excluding steroid dienone is 1. The van der Waals surface area contributed by atoms with Crippen molar-refractivity contribution in [2.24, 2.45) is 4.99 Å². The summed E-state index contributed by atoms with van der Waals surface area (Å²) in [7, 11) is 0. The Balaban J connectivity index is 1.58. The number of hydrogen-bond donors (Lipinski definition) is 2. The van der Waals surface area contributed by atoms with Crippen LogP contribution in [0, 0.1) is 0 Å². The number of fused-ring (bicyclic) bond motifs is 1. The third-order valence-electron chi connectivity index (χ3n) is 3.98. The van der Waals surface area contributed by atoms with Crippen LogP contribution in [0.4, 0.5) is 10.9 Å². The molecule has 25 heavy (non-hydrogen) atoms. The molecule has 124 valence electrons. The number of rotatable bonds is 4. The number of pyridine rings is 1. The highest BCUT2D eigenvalue weighted by Crippen LogP contribution is 2.36. The van der Waals surface area contributed by atoms with Gasteiger partial charge < -0.3 is 10.4 Å². The molecule has 0 fully saturated rings. The number of hydrogen-bond acceptors (Lipinski definition) is 6. The summed E-state index contributed by atoms with van der Waals surface area (Å²) in [6.45, 7) is 2.07. The van der Waals surface area contributed by atoms with Crippen molar-refractivity contribution in [3.63, 3.8) is 0 Å². The average molecular weight is 348 g/mol. The van der Waals surface area contributed by atoms with Crippen LogP contribution in [0.1, 0.15) is 29.0 Å². The Hall–Kier alpha value is -2.99. The van der Waals surface area contributed by atoms with Crippen molar-refractivity contribution in [1.29, 1.82) is 0 Å². The molecule has 1 atom stereocenters. The summed E-state index contributed by atoms with van der Waals surface area (Å²) in [4.78, 5) is 13.4. The maximum atomic E-state index is 10.2. The van der Waals surface area contributed by atoms with E-state index >= 15 is 0 Å². The molecule has 1 aromatic carbocycles. The van der Waals surface area contributed by atoms with Gasteiger partial charge in [0.1, 0.15) is 0 Å². The lowest BCUT2D eigenvalue weighted by Crippen LogP contribution is -2.05. The van der Waals surface area contributed by atoms with E-state index in [1.165, 1.54) is 16.9 Å². The molecular formula is C19H16N4OS. The van der Waals surface area contributed by atoms with Crippen LogP contribution in [0.3, 0.4) is 0 Å². The first kappa shape index (κ1) is 15.5. The zero-order valence-corrected chi connectivity index (χ0v) is 14.4. The lowest BCUT2D eigenvalue weighted by Gasteiger charge is -2.12. The number of nitrogens with one attached hydrogen (secondary N) is 1. The van der Waals surface area contributed by atoms with E-state index in [1.54, 1.807) is 12.4 Å². The van der Waals surface area contributed by atoms with Crippen LogP contribution >= 0.6 is 11.3 Å². The SMILES string of the molecule is C[C@H](Nc1nc(O)c(C=C2C=Nc3ncccc32)s1)c1ccccc1. The first-order valence-electron chi connectivity index (χ1n) is 7.93. The van der Waals surface area contributed by atoms with Crippen LogP contribution in [0.15, 0.2) is 53.7 Å². The number of aromatic nitrogens is 2. The van der Waals surface area contributed by atoms with Crippen LogP contribution in [-0.2, 0) is 0 Å². The molecule has 0 spiro atoms. The van der Waals surface area contributed by atoms with Gasteiger partial charge in [-0.1, -0.05) is 41.7 Å². The predicted octanol–water partition coefficient (Wildman–Crippen LogP) is 4.67. The predicted molar refractivity (Wildman–Crippen MR) is 103 cm³/mol. The largest absolute Gasteiger partial charge is 0.492 e. The molecule has 0 aliphatic carbocycles. The van der Waals surface area contributed by atoms with Gasteiger partial charge in [0.2, 0.25) is 5.88 Å². The maximum absolute atomic E-state index is 10.2. The van der Waals surface area contributed by atoms with Gasteiger partial charge in [-0.3, -0.25) is 0 Å². The number of benzene rings is 1. The summed E-state index contributed by atoms with van der Waals surface area (Å²) in [6.07, 6.45) is 5.37. The Bertz CT molecular complexity index is 963. The molecule has 0 saturated heterocycles. The lowest BCUT2D eigenvalue weighted by atomic mass is 10.1. The Morgan fingerprint density at radius 3 is 2.84 bits per heavy atom. The summed E-state index contributed by atoms with van der Waals surface area (Å²) < 4.78 is 0. The van der Waals surface area contributed by atoms with Crippen LogP contribution < -0.4 is 5.32 Å². The highest BCUT2D eigenvalue weighted by Gasteiger charge is 2.16. The fourth-order valence-electron chi connectivity index (χ4n) is 2.67. The molecule has 1 aliphatic rings. The summed E-state index contributed by atoms with van der Waals surface area (Å²) in [6, 6.07) is 14.1. The molecule has 3 aromatic rings. The molecule has 1 aliphatic heterocycles. The van der Waals surface area contributed by atoms with Crippen molar-refractivity contribution in [1.82, 2.24) is 9.97 Å². The van der Waals surface area contributed by atoms with Gasteiger partial charge in [-0.15, -0.1) is 0 Å². The van der Waals surface area contributed by atoms with Gasteiger partial charge in [-0.25, -0.2) is 9.98 Å². The fourth-order valence-corrected chi connectivity index (χ4v) is 3.57.